The molecule has 1 aliphatic rings. The lowest BCUT2D eigenvalue weighted by molar-refractivity contribution is -0.131. The highest BCUT2D eigenvalue weighted by Gasteiger charge is 2.27. The maximum Gasteiger partial charge on any atom is 0.220 e. The molecule has 0 spiro atoms. The van der Waals surface area contributed by atoms with Crippen LogP contribution in [0, 0.1) is 11.8 Å². The number of carbonyl (C=O) groups is 2. The van der Waals surface area contributed by atoms with E-state index in [2.05, 4.69) is 43.4 Å². The molecule has 5 nitrogen and oxygen atoms in total. The first kappa shape index (κ1) is 23.4. The molecule has 5 heteroatoms. The van der Waals surface area contributed by atoms with Crippen LogP contribution in [0.15, 0.2) is 24.3 Å². The van der Waals surface area contributed by atoms with Gasteiger partial charge in [0.05, 0.1) is 12.1 Å². The Kier molecular flexibility index (Phi) is 8.69. The molecule has 0 saturated heterocycles. The topological polar surface area (TPSA) is 69.6 Å². The zero-order valence-electron chi connectivity index (χ0n) is 18.6. The second-order valence-corrected chi connectivity index (χ2v) is 9.21. The van der Waals surface area contributed by atoms with E-state index in [1.54, 1.807) is 11.8 Å². The van der Waals surface area contributed by atoms with Crippen LogP contribution in [0.4, 0.5) is 0 Å². The first-order chi connectivity index (χ1) is 13.7. The van der Waals surface area contributed by atoms with Gasteiger partial charge in [-0.15, -0.1) is 0 Å². The van der Waals surface area contributed by atoms with E-state index in [1.165, 1.54) is 11.1 Å². The number of hydrogen-bond donors (Lipinski definition) is 2. The second kappa shape index (κ2) is 10.8. The zero-order valence-corrected chi connectivity index (χ0v) is 18.6. The van der Waals surface area contributed by atoms with Crippen LogP contribution in [0.1, 0.15) is 65.0 Å². The molecule has 2 amide bonds. The van der Waals surface area contributed by atoms with Crippen LogP contribution in [-0.2, 0) is 22.4 Å². The molecule has 1 aliphatic carbocycles. The molecule has 2 atom stereocenters. The Labute approximate surface area is 175 Å². The fourth-order valence-corrected chi connectivity index (χ4v) is 4.39. The highest BCUT2D eigenvalue weighted by Crippen LogP contribution is 2.28. The number of fused-ring (bicyclic) bond motifs is 1. The lowest BCUT2D eigenvalue weighted by Gasteiger charge is -2.30. The molecule has 1 aromatic carbocycles. The maximum atomic E-state index is 12.7. The molecule has 0 aliphatic heterocycles. The zero-order chi connectivity index (χ0) is 21.6. The summed E-state index contributed by atoms with van der Waals surface area (Å²) in [7, 11) is 0. The number of amides is 2. The predicted octanol–water partition coefficient (Wildman–Crippen LogP) is 3.33. The largest absolute Gasteiger partial charge is 0.391 e. The van der Waals surface area contributed by atoms with Gasteiger partial charge in [0.25, 0.3) is 0 Å². The van der Waals surface area contributed by atoms with Crippen molar-refractivity contribution in [3.8, 4) is 0 Å². The summed E-state index contributed by atoms with van der Waals surface area (Å²) in [4.78, 5) is 26.3. The van der Waals surface area contributed by atoms with Crippen LogP contribution in [0.5, 0.6) is 0 Å². The number of rotatable bonds is 10. The minimum absolute atomic E-state index is 0.0115. The summed E-state index contributed by atoms with van der Waals surface area (Å²) in [6.45, 7) is 10.2. The molecule has 0 bridgehead atoms. The van der Waals surface area contributed by atoms with Gasteiger partial charge in [0, 0.05) is 25.9 Å². The van der Waals surface area contributed by atoms with Crippen LogP contribution in [-0.4, -0.2) is 46.6 Å². The molecule has 0 radical (unpaired) electrons. The van der Waals surface area contributed by atoms with Crippen molar-refractivity contribution in [2.24, 2.45) is 11.8 Å². The molecule has 162 valence electrons. The Morgan fingerprint density at radius 2 is 1.72 bits per heavy atom. The second-order valence-electron chi connectivity index (χ2n) is 9.21. The molecular formula is C24H38N2O3. The Balaban J connectivity index is 1.90. The van der Waals surface area contributed by atoms with E-state index in [-0.39, 0.29) is 23.9 Å². The van der Waals surface area contributed by atoms with Crippen LogP contribution in [0.2, 0.25) is 0 Å². The molecule has 29 heavy (non-hydrogen) atoms. The summed E-state index contributed by atoms with van der Waals surface area (Å²) >= 11 is 0. The monoisotopic (exact) mass is 402 g/mol. The Hall–Kier alpha value is -1.88. The van der Waals surface area contributed by atoms with Gasteiger partial charge < -0.3 is 15.3 Å². The predicted molar refractivity (Wildman–Crippen MR) is 116 cm³/mol. The molecule has 0 aromatic heterocycles. The van der Waals surface area contributed by atoms with Crippen LogP contribution >= 0.6 is 0 Å². The smallest absolute Gasteiger partial charge is 0.220 e. The third-order valence-corrected chi connectivity index (χ3v) is 5.84. The van der Waals surface area contributed by atoms with E-state index in [0.717, 1.165) is 19.3 Å². The van der Waals surface area contributed by atoms with Crippen molar-refractivity contribution in [2.75, 3.05) is 6.54 Å². The summed E-state index contributed by atoms with van der Waals surface area (Å²) in [6.07, 6.45) is 2.90. The van der Waals surface area contributed by atoms with Crippen molar-refractivity contribution in [1.29, 1.82) is 0 Å². The molecule has 0 saturated carbocycles. The van der Waals surface area contributed by atoms with E-state index < -0.39 is 6.10 Å². The van der Waals surface area contributed by atoms with Gasteiger partial charge in [0.2, 0.25) is 11.8 Å². The number of nitrogens with one attached hydrogen (secondary N) is 1. The average molecular weight is 403 g/mol. The first-order valence-electron chi connectivity index (χ1n) is 11.0. The molecule has 0 fully saturated rings. The summed E-state index contributed by atoms with van der Waals surface area (Å²) < 4.78 is 0. The van der Waals surface area contributed by atoms with Crippen molar-refractivity contribution >= 4 is 11.8 Å². The van der Waals surface area contributed by atoms with Crippen molar-refractivity contribution in [3.05, 3.63) is 35.4 Å². The SMILES string of the molecule is CC(=O)N(CCC(O)[C@H](CC(C)C)NC(=O)CC1Cc2ccccc2C1)C(C)C. The minimum atomic E-state index is -0.664. The standard InChI is InChI=1S/C24H38N2O3/c1-16(2)12-22(23(28)10-11-26(17(3)4)18(5)27)25-24(29)15-19-13-20-8-6-7-9-21(20)14-19/h6-9,16-17,19,22-23,28H,10-15H2,1-5H3,(H,25,29)/t22-,23?/m0/s1. The van der Waals surface area contributed by atoms with Gasteiger partial charge in [-0.3, -0.25) is 9.59 Å². The molecule has 2 N–H and O–H groups in total. The van der Waals surface area contributed by atoms with Gasteiger partial charge in [-0.05, 0) is 62.5 Å². The van der Waals surface area contributed by atoms with Gasteiger partial charge in [-0.1, -0.05) is 38.1 Å². The van der Waals surface area contributed by atoms with Gasteiger partial charge in [-0.25, -0.2) is 0 Å². The Morgan fingerprint density at radius 3 is 2.21 bits per heavy atom. The molecule has 1 unspecified atom stereocenters. The fraction of sp³-hybridized carbons (Fsp3) is 0.667. The minimum Gasteiger partial charge on any atom is -0.391 e. The molecule has 2 rings (SSSR count). The summed E-state index contributed by atoms with van der Waals surface area (Å²) in [5.41, 5.74) is 2.70. The number of carbonyl (C=O) groups excluding carboxylic acids is 2. The molecule has 0 heterocycles. The number of benzene rings is 1. The van der Waals surface area contributed by atoms with E-state index >= 15 is 0 Å². The number of nitrogens with zero attached hydrogens (tertiary/aromatic N) is 1. The third kappa shape index (κ3) is 7.14. The number of aliphatic hydroxyl groups is 1. The lowest BCUT2D eigenvalue weighted by Crippen LogP contribution is -2.46. The Morgan fingerprint density at radius 1 is 1.14 bits per heavy atom. The quantitative estimate of drug-likeness (QED) is 0.631. The number of aliphatic hydroxyl groups excluding tert-OH is 1. The normalized spacial score (nSPS) is 16.0. The van der Waals surface area contributed by atoms with Gasteiger partial charge in [0.1, 0.15) is 0 Å². The average Bonchev–Trinajstić information content (AvgIpc) is 3.02. The fourth-order valence-electron chi connectivity index (χ4n) is 4.39. The summed E-state index contributed by atoms with van der Waals surface area (Å²) in [5, 5.41) is 13.9. The van der Waals surface area contributed by atoms with Crippen LogP contribution in [0.25, 0.3) is 0 Å². The van der Waals surface area contributed by atoms with Gasteiger partial charge >= 0.3 is 0 Å². The van der Waals surface area contributed by atoms with Crippen molar-refractivity contribution < 1.29 is 14.7 Å². The highest BCUT2D eigenvalue weighted by molar-refractivity contribution is 5.77. The lowest BCUT2D eigenvalue weighted by atomic mass is 9.95. The number of hydrogen-bond acceptors (Lipinski definition) is 3. The van der Waals surface area contributed by atoms with Crippen LogP contribution < -0.4 is 5.32 Å². The van der Waals surface area contributed by atoms with E-state index in [9.17, 15) is 14.7 Å². The molecular weight excluding hydrogens is 364 g/mol. The van der Waals surface area contributed by atoms with Gasteiger partial charge in [0.15, 0.2) is 0 Å². The maximum absolute atomic E-state index is 12.7. The van der Waals surface area contributed by atoms with Crippen molar-refractivity contribution in [3.63, 3.8) is 0 Å². The third-order valence-electron chi connectivity index (χ3n) is 5.84. The Bertz CT molecular complexity index is 661. The molecule has 1 aromatic rings. The first-order valence-corrected chi connectivity index (χ1v) is 11.0. The van der Waals surface area contributed by atoms with Crippen molar-refractivity contribution in [2.45, 2.75) is 84.9 Å². The summed E-state index contributed by atoms with van der Waals surface area (Å²) in [6, 6.07) is 8.21. The van der Waals surface area contributed by atoms with Gasteiger partial charge in [-0.2, -0.15) is 0 Å². The van der Waals surface area contributed by atoms with E-state index in [0.29, 0.717) is 31.2 Å². The van der Waals surface area contributed by atoms with E-state index in [1.807, 2.05) is 13.8 Å². The van der Waals surface area contributed by atoms with Crippen molar-refractivity contribution in [1.82, 2.24) is 10.2 Å². The summed E-state index contributed by atoms with van der Waals surface area (Å²) in [5.74, 6) is 0.718. The van der Waals surface area contributed by atoms with Crippen LogP contribution in [0.3, 0.4) is 0 Å². The van der Waals surface area contributed by atoms with E-state index in [4.69, 9.17) is 0 Å². The highest BCUT2D eigenvalue weighted by atomic mass is 16.3.